The van der Waals surface area contributed by atoms with E-state index in [2.05, 4.69) is 36.6 Å². The third kappa shape index (κ3) is 1.96. The summed E-state index contributed by atoms with van der Waals surface area (Å²) in [6.07, 6.45) is -5.01. The fourth-order valence-corrected chi connectivity index (χ4v) is 3.76. The molecule has 2 aliphatic rings. The van der Waals surface area contributed by atoms with Gasteiger partial charge in [-0.25, -0.2) is 0 Å². The van der Waals surface area contributed by atoms with E-state index in [1.165, 1.54) is 12.1 Å². The Bertz CT molecular complexity index is 492. The van der Waals surface area contributed by atoms with Crippen LogP contribution in [0.1, 0.15) is 23.3 Å². The van der Waals surface area contributed by atoms with E-state index < -0.39 is 6.36 Å². The molecule has 0 aromatic heterocycles. The van der Waals surface area contributed by atoms with Gasteiger partial charge in [-0.2, -0.15) is 0 Å². The van der Waals surface area contributed by atoms with Crippen LogP contribution in [-0.4, -0.2) is 16.0 Å². The predicted molar refractivity (Wildman–Crippen MR) is 65.1 cm³/mol. The Morgan fingerprint density at radius 3 is 2.28 bits per heavy atom. The van der Waals surface area contributed by atoms with Crippen molar-refractivity contribution in [3.63, 3.8) is 0 Å². The molecule has 0 N–H and O–H groups in total. The fraction of sp³-hybridized carbons (Fsp3) is 0.455. The zero-order chi connectivity index (χ0) is 13.1. The van der Waals surface area contributed by atoms with E-state index >= 15 is 0 Å². The van der Waals surface area contributed by atoms with Gasteiger partial charge < -0.3 is 9.47 Å². The zero-order valence-corrected chi connectivity index (χ0v) is 11.9. The summed E-state index contributed by atoms with van der Waals surface area (Å²) >= 11 is 7.00. The van der Waals surface area contributed by atoms with Crippen LogP contribution in [0.25, 0.3) is 0 Å². The van der Waals surface area contributed by atoms with Gasteiger partial charge >= 0.3 is 6.36 Å². The molecular weight excluding hydrogens is 381 g/mol. The summed E-state index contributed by atoms with van der Waals surface area (Å²) in [5.41, 5.74) is 1.69. The number of alkyl halides is 5. The maximum atomic E-state index is 12.1. The topological polar surface area (TPSA) is 18.5 Å². The molecule has 4 atom stereocenters. The van der Waals surface area contributed by atoms with Crippen molar-refractivity contribution in [3.05, 3.63) is 29.3 Å². The van der Waals surface area contributed by atoms with Gasteiger partial charge in [0, 0.05) is 0 Å². The molecule has 1 aromatic rings. The van der Waals surface area contributed by atoms with E-state index in [0.717, 1.165) is 11.1 Å². The molecule has 0 aliphatic carbocycles. The van der Waals surface area contributed by atoms with Gasteiger partial charge in [0.1, 0.15) is 5.75 Å². The van der Waals surface area contributed by atoms with E-state index in [0.29, 0.717) is 0 Å². The van der Waals surface area contributed by atoms with Gasteiger partial charge in [-0.1, -0.05) is 37.9 Å². The first kappa shape index (κ1) is 12.7. The molecule has 7 heteroatoms. The third-order valence-corrected chi connectivity index (χ3v) is 5.89. The van der Waals surface area contributed by atoms with Crippen LogP contribution in [-0.2, 0) is 4.74 Å². The first-order chi connectivity index (χ1) is 8.37. The van der Waals surface area contributed by atoms with Gasteiger partial charge in [0.25, 0.3) is 0 Å². The molecule has 2 bridgehead atoms. The minimum absolute atomic E-state index is 0.0520. The highest BCUT2D eigenvalue weighted by Gasteiger charge is 2.50. The van der Waals surface area contributed by atoms with Crippen molar-refractivity contribution in [3.8, 4) is 5.75 Å². The van der Waals surface area contributed by atoms with Gasteiger partial charge in [-0.15, -0.1) is 13.2 Å². The zero-order valence-electron chi connectivity index (χ0n) is 8.75. The second kappa shape index (κ2) is 4.11. The summed E-state index contributed by atoms with van der Waals surface area (Å²) in [5.74, 6) is -0.205. The number of halogens is 5. The molecule has 1 aromatic carbocycles. The van der Waals surface area contributed by atoms with Gasteiger partial charge in [0.15, 0.2) is 0 Å². The van der Waals surface area contributed by atoms with Crippen molar-refractivity contribution in [2.75, 3.05) is 0 Å². The van der Waals surface area contributed by atoms with Crippen LogP contribution in [0.2, 0.25) is 0 Å². The van der Waals surface area contributed by atoms with E-state index in [1.807, 2.05) is 0 Å². The molecule has 3 rings (SSSR count). The summed E-state index contributed by atoms with van der Waals surface area (Å²) < 4.78 is 46.1. The predicted octanol–water partition coefficient (Wildman–Crippen LogP) is 4.24. The van der Waals surface area contributed by atoms with Crippen LogP contribution in [0.4, 0.5) is 13.2 Å². The molecule has 0 spiro atoms. The molecular formula is C11H7Br2F3O2. The quantitative estimate of drug-likeness (QED) is 0.671. The monoisotopic (exact) mass is 386 g/mol. The van der Waals surface area contributed by atoms with Crippen molar-refractivity contribution in [1.29, 1.82) is 0 Å². The maximum absolute atomic E-state index is 12.1. The van der Waals surface area contributed by atoms with Gasteiger partial charge in [-0.05, 0) is 23.3 Å². The SMILES string of the molecule is FC(F)(F)Oc1ccc2c(c1)[C@@H]1O[C@H]2[C@@H](Br)[C@H]1Br. The Morgan fingerprint density at radius 2 is 1.67 bits per heavy atom. The van der Waals surface area contributed by atoms with Crippen molar-refractivity contribution in [1.82, 2.24) is 0 Å². The largest absolute Gasteiger partial charge is 0.573 e. The molecule has 2 nitrogen and oxygen atoms in total. The van der Waals surface area contributed by atoms with Crippen LogP contribution in [0, 0.1) is 0 Å². The van der Waals surface area contributed by atoms with Crippen LogP contribution in [0.15, 0.2) is 18.2 Å². The summed E-state index contributed by atoms with van der Waals surface area (Å²) in [7, 11) is 0. The molecule has 1 saturated heterocycles. The van der Waals surface area contributed by atoms with E-state index in [1.54, 1.807) is 6.07 Å². The Morgan fingerprint density at radius 1 is 1.06 bits per heavy atom. The standard InChI is InChI=1S/C11H7Br2F3O2/c12-7-8(13)10-6-3-4(18-11(14,15)16)1-2-5(6)9(7)17-10/h1-3,7-10H/t7-,8+,9+,10-/m0/s1. The Balaban J connectivity index is 1.95. The lowest BCUT2D eigenvalue weighted by molar-refractivity contribution is -0.274. The van der Waals surface area contributed by atoms with Gasteiger partial charge in [0.2, 0.25) is 0 Å². The van der Waals surface area contributed by atoms with Gasteiger partial charge in [-0.3, -0.25) is 0 Å². The highest BCUT2D eigenvalue weighted by atomic mass is 79.9. The Kier molecular flexibility index (Phi) is 2.91. The molecule has 0 saturated carbocycles. The molecule has 2 aliphatic heterocycles. The summed E-state index contributed by atoms with van der Waals surface area (Å²) in [6, 6.07) is 4.36. The van der Waals surface area contributed by atoms with Crippen molar-refractivity contribution in [2.45, 2.75) is 28.2 Å². The fourth-order valence-electron chi connectivity index (χ4n) is 2.39. The molecule has 0 unspecified atom stereocenters. The summed E-state index contributed by atoms with van der Waals surface area (Å²) in [4.78, 5) is 0.181. The lowest BCUT2D eigenvalue weighted by Gasteiger charge is -2.21. The molecule has 0 amide bonds. The summed E-state index contributed by atoms with van der Waals surface area (Å²) in [5, 5.41) is 0. The van der Waals surface area contributed by atoms with E-state index in [4.69, 9.17) is 4.74 Å². The molecule has 2 heterocycles. The lowest BCUT2D eigenvalue weighted by atomic mass is 9.91. The average Bonchev–Trinajstić information content (AvgIpc) is 2.75. The number of hydrogen-bond acceptors (Lipinski definition) is 2. The molecule has 1 fully saturated rings. The first-order valence-corrected chi connectivity index (χ1v) is 7.03. The molecule has 98 valence electrons. The highest BCUT2D eigenvalue weighted by molar-refractivity contribution is 9.12. The van der Waals surface area contributed by atoms with Crippen molar-refractivity contribution >= 4 is 31.9 Å². The smallest absolute Gasteiger partial charge is 0.406 e. The normalized spacial score (nSPS) is 33.6. The van der Waals surface area contributed by atoms with Crippen molar-refractivity contribution in [2.24, 2.45) is 0 Å². The number of fused-ring (bicyclic) bond motifs is 5. The molecule has 0 radical (unpaired) electrons. The van der Waals surface area contributed by atoms with Crippen LogP contribution in [0.5, 0.6) is 5.75 Å². The second-order valence-electron chi connectivity index (χ2n) is 4.20. The second-order valence-corrected chi connectivity index (χ2v) is 6.32. The molecule has 18 heavy (non-hydrogen) atoms. The minimum atomic E-state index is -4.67. The van der Waals surface area contributed by atoms with Crippen LogP contribution in [0.3, 0.4) is 0 Å². The van der Waals surface area contributed by atoms with Crippen molar-refractivity contribution < 1.29 is 22.6 Å². The lowest BCUT2D eigenvalue weighted by Crippen LogP contribution is -2.22. The van der Waals surface area contributed by atoms with Crippen LogP contribution < -0.4 is 4.74 Å². The highest BCUT2D eigenvalue weighted by Crippen LogP contribution is 2.56. The van der Waals surface area contributed by atoms with Crippen LogP contribution >= 0.6 is 31.9 Å². The number of rotatable bonds is 1. The Hall–Kier alpha value is -0.270. The average molecular weight is 388 g/mol. The maximum Gasteiger partial charge on any atom is 0.573 e. The number of benzene rings is 1. The third-order valence-electron chi connectivity index (χ3n) is 3.08. The number of ether oxygens (including phenoxy) is 2. The first-order valence-electron chi connectivity index (χ1n) is 5.20. The van der Waals surface area contributed by atoms with Gasteiger partial charge in [0.05, 0.1) is 21.9 Å². The van der Waals surface area contributed by atoms with E-state index in [9.17, 15) is 13.2 Å². The summed E-state index contributed by atoms with van der Waals surface area (Å²) in [6.45, 7) is 0. The Labute approximate surface area is 118 Å². The number of hydrogen-bond donors (Lipinski definition) is 0. The van der Waals surface area contributed by atoms with E-state index in [-0.39, 0.29) is 27.6 Å². The minimum Gasteiger partial charge on any atom is -0.406 e.